The van der Waals surface area contributed by atoms with Gasteiger partial charge in [0.25, 0.3) is 0 Å². The minimum absolute atomic E-state index is 0.114. The quantitative estimate of drug-likeness (QED) is 0.782. The number of rotatable bonds is 2. The molecular weight excluding hydrogens is 327 g/mol. The number of hydrogen-bond donors (Lipinski definition) is 0. The van der Waals surface area contributed by atoms with E-state index in [1.54, 1.807) is 12.1 Å². The molecule has 0 fully saturated rings. The van der Waals surface area contributed by atoms with Gasteiger partial charge in [-0.3, -0.25) is 0 Å². The first kappa shape index (κ1) is 13.9. The van der Waals surface area contributed by atoms with Crippen LogP contribution in [0.1, 0.15) is 10.4 Å². The summed E-state index contributed by atoms with van der Waals surface area (Å²) in [7, 11) is 1.19. The zero-order chi connectivity index (χ0) is 14.2. The predicted molar refractivity (Wildman–Crippen MR) is 67.0 cm³/mol. The summed E-state index contributed by atoms with van der Waals surface area (Å²) in [5.74, 6) is -0.663. The molecule has 0 N–H and O–H groups in total. The number of carbonyl (C=O) groups excluding carboxylic acids is 1. The lowest BCUT2D eigenvalue weighted by Crippen LogP contribution is -2.16. The fourth-order valence-electron chi connectivity index (χ4n) is 1.87. The van der Waals surface area contributed by atoms with Crippen LogP contribution in [-0.4, -0.2) is 23.8 Å². The number of aromatic nitrogens is 1. The second-order valence-corrected chi connectivity index (χ2v) is 4.85. The third-order valence-corrected chi connectivity index (χ3v) is 3.09. The number of ether oxygens (including phenoxy) is 1. The molecule has 2 aromatic rings. The van der Waals surface area contributed by atoms with E-state index in [1.807, 2.05) is 0 Å². The van der Waals surface area contributed by atoms with E-state index < -0.39 is 18.7 Å². The monoisotopic (exact) mass is 335 g/mol. The van der Waals surface area contributed by atoms with E-state index in [9.17, 15) is 18.0 Å². The van der Waals surface area contributed by atoms with E-state index in [2.05, 4.69) is 20.7 Å². The van der Waals surface area contributed by atoms with Crippen LogP contribution in [-0.2, 0) is 11.3 Å². The SMILES string of the molecule is COC(=O)c1cn(CC(F)(F)F)c2ccc(Br)cc12. The number of hydrogen-bond acceptors (Lipinski definition) is 2. The number of esters is 1. The molecule has 3 nitrogen and oxygen atoms in total. The van der Waals surface area contributed by atoms with Gasteiger partial charge in [-0.1, -0.05) is 15.9 Å². The van der Waals surface area contributed by atoms with Crippen molar-refractivity contribution >= 4 is 32.8 Å². The highest BCUT2D eigenvalue weighted by Crippen LogP contribution is 2.28. The molecule has 0 saturated carbocycles. The summed E-state index contributed by atoms with van der Waals surface area (Å²) in [6.07, 6.45) is -3.19. The molecule has 102 valence electrons. The second-order valence-electron chi connectivity index (χ2n) is 3.94. The summed E-state index contributed by atoms with van der Waals surface area (Å²) in [5, 5.41) is 0.422. The Kier molecular flexibility index (Phi) is 3.58. The highest BCUT2D eigenvalue weighted by atomic mass is 79.9. The highest BCUT2D eigenvalue weighted by Gasteiger charge is 2.29. The summed E-state index contributed by atoms with van der Waals surface area (Å²) in [4.78, 5) is 11.6. The van der Waals surface area contributed by atoms with Gasteiger partial charge in [0.2, 0.25) is 0 Å². The number of benzene rings is 1. The van der Waals surface area contributed by atoms with Crippen LogP contribution in [0, 0.1) is 0 Å². The van der Waals surface area contributed by atoms with E-state index in [-0.39, 0.29) is 5.56 Å². The number of carbonyl (C=O) groups is 1. The molecule has 0 bridgehead atoms. The molecule has 0 atom stereocenters. The van der Waals surface area contributed by atoms with Crippen LogP contribution < -0.4 is 0 Å². The fourth-order valence-corrected chi connectivity index (χ4v) is 2.23. The molecule has 2 rings (SSSR count). The van der Waals surface area contributed by atoms with E-state index in [1.165, 1.54) is 13.2 Å². The Balaban J connectivity index is 2.63. The molecule has 0 unspecified atom stereocenters. The molecule has 0 saturated heterocycles. The van der Waals surface area contributed by atoms with E-state index in [4.69, 9.17) is 0 Å². The Hall–Kier alpha value is -1.50. The lowest BCUT2D eigenvalue weighted by atomic mass is 10.2. The topological polar surface area (TPSA) is 31.2 Å². The third kappa shape index (κ3) is 2.91. The van der Waals surface area contributed by atoms with Crippen LogP contribution in [0.5, 0.6) is 0 Å². The van der Waals surface area contributed by atoms with Crippen molar-refractivity contribution in [2.24, 2.45) is 0 Å². The van der Waals surface area contributed by atoms with E-state index >= 15 is 0 Å². The van der Waals surface area contributed by atoms with Gasteiger partial charge in [0, 0.05) is 21.6 Å². The zero-order valence-corrected chi connectivity index (χ0v) is 11.4. The van der Waals surface area contributed by atoms with E-state index in [0.29, 0.717) is 15.4 Å². The normalized spacial score (nSPS) is 11.8. The minimum Gasteiger partial charge on any atom is -0.465 e. The van der Waals surface area contributed by atoms with Gasteiger partial charge < -0.3 is 9.30 Å². The molecule has 0 aliphatic rings. The molecule has 1 aromatic carbocycles. The van der Waals surface area contributed by atoms with Crippen molar-refractivity contribution in [2.75, 3.05) is 7.11 Å². The maximum atomic E-state index is 12.5. The Bertz CT molecular complexity index is 634. The van der Waals surface area contributed by atoms with Gasteiger partial charge in [0.1, 0.15) is 6.54 Å². The molecular formula is C12H9BrF3NO2. The van der Waals surface area contributed by atoms with Crippen LogP contribution in [0.3, 0.4) is 0 Å². The van der Waals surface area contributed by atoms with Crippen LogP contribution in [0.25, 0.3) is 10.9 Å². The van der Waals surface area contributed by atoms with E-state index in [0.717, 1.165) is 10.8 Å². The Morgan fingerprint density at radius 2 is 2.11 bits per heavy atom. The average molecular weight is 336 g/mol. The summed E-state index contributed by atoms with van der Waals surface area (Å²) in [6, 6.07) is 4.74. The maximum Gasteiger partial charge on any atom is 0.406 e. The number of methoxy groups -OCH3 is 1. The summed E-state index contributed by atoms with van der Waals surface area (Å²) >= 11 is 3.22. The van der Waals surface area contributed by atoms with Gasteiger partial charge in [0.15, 0.2) is 0 Å². The summed E-state index contributed by atoms with van der Waals surface area (Å²) < 4.78 is 43.7. The molecule has 7 heteroatoms. The number of halogens is 4. The van der Waals surface area contributed by atoms with Crippen molar-refractivity contribution in [3.63, 3.8) is 0 Å². The summed E-state index contributed by atoms with van der Waals surface area (Å²) in [6.45, 7) is -1.15. The van der Waals surface area contributed by atoms with Gasteiger partial charge in [-0.2, -0.15) is 13.2 Å². The first-order valence-electron chi connectivity index (χ1n) is 5.25. The number of fused-ring (bicyclic) bond motifs is 1. The van der Waals surface area contributed by atoms with Gasteiger partial charge >= 0.3 is 12.1 Å². The van der Waals surface area contributed by atoms with Crippen molar-refractivity contribution in [1.29, 1.82) is 0 Å². The molecule has 19 heavy (non-hydrogen) atoms. The Labute approximate surface area is 115 Å². The Morgan fingerprint density at radius 1 is 1.42 bits per heavy atom. The first-order valence-corrected chi connectivity index (χ1v) is 6.04. The van der Waals surface area contributed by atoms with Crippen LogP contribution in [0.2, 0.25) is 0 Å². The lowest BCUT2D eigenvalue weighted by Gasteiger charge is -2.08. The molecule has 0 amide bonds. The molecule has 1 aromatic heterocycles. The largest absolute Gasteiger partial charge is 0.465 e. The van der Waals surface area contributed by atoms with Crippen LogP contribution >= 0.6 is 15.9 Å². The number of alkyl halides is 3. The van der Waals surface area contributed by atoms with Gasteiger partial charge in [-0.15, -0.1) is 0 Å². The highest BCUT2D eigenvalue weighted by molar-refractivity contribution is 9.10. The fraction of sp³-hybridized carbons (Fsp3) is 0.250. The van der Waals surface area contributed by atoms with Crippen molar-refractivity contribution in [3.05, 3.63) is 34.4 Å². The Morgan fingerprint density at radius 3 is 2.68 bits per heavy atom. The minimum atomic E-state index is -4.35. The van der Waals surface area contributed by atoms with Gasteiger partial charge in [-0.25, -0.2) is 4.79 Å². The smallest absolute Gasteiger partial charge is 0.406 e. The second kappa shape index (κ2) is 4.88. The molecule has 0 spiro atoms. The molecule has 0 aliphatic heterocycles. The maximum absolute atomic E-state index is 12.5. The van der Waals surface area contributed by atoms with Gasteiger partial charge in [0.05, 0.1) is 12.7 Å². The van der Waals surface area contributed by atoms with Crippen LogP contribution in [0.4, 0.5) is 13.2 Å². The summed E-state index contributed by atoms with van der Waals surface area (Å²) in [5.41, 5.74) is 0.448. The zero-order valence-electron chi connectivity index (χ0n) is 9.79. The van der Waals surface area contributed by atoms with Crippen molar-refractivity contribution in [1.82, 2.24) is 4.57 Å². The average Bonchev–Trinajstić information content (AvgIpc) is 2.64. The molecule has 1 heterocycles. The lowest BCUT2D eigenvalue weighted by molar-refractivity contribution is -0.139. The third-order valence-electron chi connectivity index (χ3n) is 2.60. The predicted octanol–water partition coefficient (Wildman–Crippen LogP) is 3.75. The molecule has 0 radical (unpaired) electrons. The number of nitrogens with zero attached hydrogens (tertiary/aromatic N) is 1. The van der Waals surface area contributed by atoms with Crippen molar-refractivity contribution < 1.29 is 22.7 Å². The standard InChI is InChI=1S/C12H9BrF3NO2/c1-19-11(18)9-5-17(6-12(14,15)16)10-3-2-7(13)4-8(9)10/h2-5H,6H2,1H3. The van der Waals surface area contributed by atoms with Crippen molar-refractivity contribution in [3.8, 4) is 0 Å². The first-order chi connectivity index (χ1) is 8.81. The molecule has 0 aliphatic carbocycles. The van der Waals surface area contributed by atoms with Crippen LogP contribution in [0.15, 0.2) is 28.9 Å². The van der Waals surface area contributed by atoms with Gasteiger partial charge in [-0.05, 0) is 18.2 Å². The van der Waals surface area contributed by atoms with Crippen molar-refractivity contribution in [2.45, 2.75) is 12.7 Å².